The summed E-state index contributed by atoms with van der Waals surface area (Å²) in [5, 5.41) is 10.4. The van der Waals surface area contributed by atoms with Gasteiger partial charge in [-0.1, -0.05) is 30.8 Å². The molecule has 0 N–H and O–H groups in total. The monoisotopic (exact) mass is 566 g/mol. The number of hydrogen-bond acceptors (Lipinski definition) is 7. The minimum atomic E-state index is -1.01. The maximum absolute atomic E-state index is 13.8. The van der Waals surface area contributed by atoms with E-state index >= 15 is 0 Å². The van der Waals surface area contributed by atoms with E-state index in [9.17, 15) is 14.4 Å². The maximum atomic E-state index is 13.8. The van der Waals surface area contributed by atoms with Crippen LogP contribution in [0.15, 0.2) is 48.8 Å². The van der Waals surface area contributed by atoms with Gasteiger partial charge in [-0.3, -0.25) is 4.79 Å². The number of benzene rings is 2. The number of fused-ring (bicyclic) bond motifs is 4. The Balaban J connectivity index is 1.26. The summed E-state index contributed by atoms with van der Waals surface area (Å²) in [6.45, 7) is 5.79. The van der Waals surface area contributed by atoms with Crippen LogP contribution in [-0.2, 0) is 11.2 Å². The second-order valence-corrected chi connectivity index (χ2v) is 12.2. The van der Waals surface area contributed by atoms with Gasteiger partial charge in [-0.25, -0.2) is 4.39 Å². The average Bonchev–Trinajstić information content (AvgIpc) is 3.47. The molecule has 4 aliphatic rings. The Labute approximate surface area is 245 Å². The van der Waals surface area contributed by atoms with E-state index in [0.29, 0.717) is 43.5 Å². The first-order valence-corrected chi connectivity index (χ1v) is 15.0. The van der Waals surface area contributed by atoms with Crippen molar-refractivity contribution in [3.05, 3.63) is 59.9 Å². The van der Waals surface area contributed by atoms with Gasteiger partial charge in [0.25, 0.3) is 5.91 Å². The van der Waals surface area contributed by atoms with Crippen molar-refractivity contribution in [2.45, 2.75) is 50.1 Å². The molecule has 2 saturated heterocycles. The molecule has 9 heteroatoms. The number of nitrogens with zero attached hydrogens (tertiary/aromatic N) is 6. The van der Waals surface area contributed by atoms with E-state index in [1.807, 2.05) is 0 Å². The zero-order valence-corrected chi connectivity index (χ0v) is 23.9. The van der Waals surface area contributed by atoms with Gasteiger partial charge < -0.3 is 19.4 Å². The first kappa shape index (κ1) is 26.8. The molecule has 2 aliphatic carbocycles. The number of piperazine rings is 1. The van der Waals surface area contributed by atoms with E-state index in [-0.39, 0.29) is 13.0 Å². The van der Waals surface area contributed by atoms with Crippen LogP contribution in [0, 0.1) is 17.2 Å². The zero-order chi connectivity index (χ0) is 29.0. The number of hydrogen-bond donors (Lipinski definition) is 0. The smallest absolute Gasteiger partial charge is 0.319 e. The number of halogens is 1. The first-order chi connectivity index (χ1) is 20.4. The van der Waals surface area contributed by atoms with Crippen LogP contribution in [0.1, 0.15) is 42.7 Å². The van der Waals surface area contributed by atoms with Crippen LogP contribution in [0.4, 0.5) is 10.2 Å². The lowest BCUT2D eigenvalue weighted by molar-refractivity contribution is -0.131. The van der Waals surface area contributed by atoms with Crippen molar-refractivity contribution in [2.75, 3.05) is 44.7 Å². The maximum Gasteiger partial charge on any atom is 0.319 e. The van der Waals surface area contributed by atoms with Crippen molar-refractivity contribution >= 4 is 22.6 Å². The van der Waals surface area contributed by atoms with Gasteiger partial charge in [0, 0.05) is 31.1 Å². The Bertz CT molecular complexity index is 1620. The lowest BCUT2D eigenvalue weighted by Crippen LogP contribution is -2.55. The number of carbonyl (C=O) groups excluding carboxylic acids is 1. The molecular formula is C33H35FN6O2. The highest BCUT2D eigenvalue weighted by atomic mass is 19.1. The summed E-state index contributed by atoms with van der Waals surface area (Å²) in [4.78, 5) is 28.1. The van der Waals surface area contributed by atoms with Gasteiger partial charge >= 0.3 is 6.01 Å². The number of aromatic nitrogens is 2. The van der Waals surface area contributed by atoms with Gasteiger partial charge in [-0.15, -0.1) is 0 Å². The predicted molar refractivity (Wildman–Crippen MR) is 159 cm³/mol. The summed E-state index contributed by atoms with van der Waals surface area (Å²) in [5.74, 6) is 0.405. The molecule has 2 unspecified atom stereocenters. The van der Waals surface area contributed by atoms with Crippen molar-refractivity contribution < 1.29 is 13.9 Å². The van der Waals surface area contributed by atoms with Crippen LogP contribution >= 0.6 is 0 Å². The van der Waals surface area contributed by atoms with E-state index in [1.54, 1.807) is 0 Å². The highest BCUT2D eigenvalue weighted by molar-refractivity contribution is 5.94. The number of anilines is 1. The summed E-state index contributed by atoms with van der Waals surface area (Å²) in [6, 6.07) is 15.3. The molecule has 7 rings (SSSR count). The third-order valence-electron chi connectivity index (χ3n) is 9.62. The fourth-order valence-electron chi connectivity index (χ4n) is 7.27. The number of ether oxygens (including phenoxy) is 1. The fourth-order valence-corrected chi connectivity index (χ4v) is 7.27. The fraction of sp³-hybridized carbons (Fsp3) is 0.455. The molecule has 3 aromatic rings. The molecule has 42 heavy (non-hydrogen) atoms. The minimum absolute atomic E-state index is 0.0847. The van der Waals surface area contributed by atoms with Gasteiger partial charge in [0.05, 0.1) is 24.0 Å². The molecule has 1 saturated carbocycles. The topological polar surface area (TPSA) is 85.6 Å². The summed E-state index contributed by atoms with van der Waals surface area (Å²) in [6.07, 6.45) is 4.77. The van der Waals surface area contributed by atoms with Crippen LogP contribution in [-0.4, -0.2) is 77.6 Å². The number of likely N-dealkylation sites (tertiary alicyclic amines) is 1. The average molecular weight is 567 g/mol. The second-order valence-electron chi connectivity index (χ2n) is 12.2. The molecule has 0 spiro atoms. The van der Waals surface area contributed by atoms with Crippen molar-refractivity contribution in [2.24, 2.45) is 5.92 Å². The Morgan fingerprint density at radius 1 is 1.19 bits per heavy atom. The molecule has 216 valence electrons. The van der Waals surface area contributed by atoms with Crippen LogP contribution in [0.3, 0.4) is 0 Å². The standard InChI is InChI=1S/C33H35FN6O2/c1-20(34)32(41)40-14-13-39(18-24(40)10-11-35)31-27-9-8-21(26-7-3-5-22-15-23-16-28(23)30(22)26)17-29(27)36-33(37-31)42-19-25-6-4-12-38(25)2/h3,5,7-9,17,23-25,28H,1,4,6,10,12-16,18-19H2,2H3/t23?,24-,25-,28?/m0/s1. The number of carbonyl (C=O) groups is 1. The molecule has 3 fully saturated rings. The van der Waals surface area contributed by atoms with Gasteiger partial charge in [-0.2, -0.15) is 15.2 Å². The zero-order valence-electron chi connectivity index (χ0n) is 23.9. The quantitative estimate of drug-likeness (QED) is 0.378. The van der Waals surface area contributed by atoms with Crippen molar-refractivity contribution in [3.63, 3.8) is 0 Å². The SMILES string of the molecule is C=C(F)C(=O)N1CCN(c2nc(OC[C@@H]3CCCN3C)nc3cc(-c4cccc5c4C4CC4C5)ccc23)C[C@@H]1CC#N. The van der Waals surface area contributed by atoms with Gasteiger partial charge in [0.15, 0.2) is 5.83 Å². The molecule has 0 bridgehead atoms. The predicted octanol–water partition coefficient (Wildman–Crippen LogP) is 4.84. The van der Waals surface area contributed by atoms with Crippen LogP contribution in [0.5, 0.6) is 6.01 Å². The molecular weight excluding hydrogens is 531 g/mol. The molecule has 4 atom stereocenters. The molecule has 3 heterocycles. The van der Waals surface area contributed by atoms with Crippen LogP contribution in [0.25, 0.3) is 22.0 Å². The number of likely N-dealkylation sites (N-methyl/N-ethyl adjacent to an activating group) is 1. The van der Waals surface area contributed by atoms with E-state index < -0.39 is 17.8 Å². The lowest BCUT2D eigenvalue weighted by atomic mass is 9.94. The Hall–Kier alpha value is -4.03. The molecule has 0 radical (unpaired) electrons. The van der Waals surface area contributed by atoms with E-state index in [4.69, 9.17) is 14.7 Å². The highest BCUT2D eigenvalue weighted by Gasteiger charge is 2.46. The summed E-state index contributed by atoms with van der Waals surface area (Å²) >= 11 is 0. The van der Waals surface area contributed by atoms with Crippen molar-refractivity contribution in [3.8, 4) is 23.2 Å². The van der Waals surface area contributed by atoms with E-state index in [0.717, 1.165) is 41.8 Å². The molecule has 2 aromatic carbocycles. The van der Waals surface area contributed by atoms with Crippen LogP contribution < -0.4 is 9.64 Å². The number of nitriles is 1. The Morgan fingerprint density at radius 2 is 2.07 bits per heavy atom. The summed E-state index contributed by atoms with van der Waals surface area (Å²) < 4.78 is 20.0. The third-order valence-corrected chi connectivity index (χ3v) is 9.62. The molecule has 8 nitrogen and oxygen atoms in total. The van der Waals surface area contributed by atoms with Gasteiger partial charge in [0.1, 0.15) is 12.4 Å². The minimum Gasteiger partial charge on any atom is -0.462 e. The molecule has 2 aliphatic heterocycles. The second kappa shape index (κ2) is 10.7. The first-order valence-electron chi connectivity index (χ1n) is 15.0. The molecule has 1 amide bonds. The van der Waals surface area contributed by atoms with E-state index in [1.165, 1.54) is 34.4 Å². The van der Waals surface area contributed by atoms with Crippen molar-refractivity contribution in [1.29, 1.82) is 5.26 Å². The van der Waals surface area contributed by atoms with Gasteiger partial charge in [0.2, 0.25) is 0 Å². The lowest BCUT2D eigenvalue weighted by Gasteiger charge is -2.41. The summed E-state index contributed by atoms with van der Waals surface area (Å²) in [7, 11) is 2.12. The third kappa shape index (κ3) is 4.78. The van der Waals surface area contributed by atoms with Gasteiger partial charge in [-0.05, 0) is 85.5 Å². The largest absolute Gasteiger partial charge is 0.462 e. The van der Waals surface area contributed by atoms with E-state index in [2.05, 4.69) is 65.9 Å². The van der Waals surface area contributed by atoms with Crippen molar-refractivity contribution in [1.82, 2.24) is 19.8 Å². The van der Waals surface area contributed by atoms with Crippen LogP contribution in [0.2, 0.25) is 0 Å². The number of amides is 1. The number of rotatable bonds is 7. The highest BCUT2D eigenvalue weighted by Crippen LogP contribution is 2.58. The summed E-state index contributed by atoms with van der Waals surface area (Å²) in [5.41, 5.74) is 6.17. The molecule has 1 aromatic heterocycles. The Morgan fingerprint density at radius 3 is 2.86 bits per heavy atom. The normalized spacial score (nSPS) is 24.8. The Kier molecular flexibility index (Phi) is 6.82.